The Morgan fingerprint density at radius 2 is 1.63 bits per heavy atom. The zero-order chi connectivity index (χ0) is 14.3. The second kappa shape index (κ2) is 4.46. The van der Waals surface area contributed by atoms with E-state index in [0.717, 1.165) is 0 Å². The number of aryl methyl sites for hydroxylation is 1. The summed E-state index contributed by atoms with van der Waals surface area (Å²) in [6, 6.07) is 2.48. The number of carboxylic acids is 1. The molecular weight excluding hydrogens is 259 g/mol. The van der Waals surface area contributed by atoms with E-state index >= 15 is 0 Å². The zero-order valence-electron chi connectivity index (χ0n) is 10.2. The SMILES string of the molecule is Cc1cc(C(=O)O)c(C)n1-c1cc(F)c(F)cc1F. The van der Waals surface area contributed by atoms with Crippen LogP contribution in [0.1, 0.15) is 21.7 Å². The van der Waals surface area contributed by atoms with E-state index in [1.165, 1.54) is 17.6 Å². The number of aromatic carboxylic acids is 1. The number of hydrogen-bond donors (Lipinski definition) is 1. The van der Waals surface area contributed by atoms with Crippen LogP contribution in [-0.4, -0.2) is 15.6 Å². The molecule has 0 saturated heterocycles. The molecule has 1 N–H and O–H groups in total. The fourth-order valence-corrected chi connectivity index (χ4v) is 2.03. The molecule has 6 heteroatoms. The molecule has 0 amide bonds. The van der Waals surface area contributed by atoms with E-state index in [1.54, 1.807) is 6.92 Å². The maximum absolute atomic E-state index is 13.7. The smallest absolute Gasteiger partial charge is 0.337 e. The zero-order valence-corrected chi connectivity index (χ0v) is 10.2. The van der Waals surface area contributed by atoms with Gasteiger partial charge in [-0.25, -0.2) is 18.0 Å². The summed E-state index contributed by atoms with van der Waals surface area (Å²) in [6.45, 7) is 3.03. The highest BCUT2D eigenvalue weighted by molar-refractivity contribution is 5.89. The van der Waals surface area contributed by atoms with Crippen molar-refractivity contribution in [1.82, 2.24) is 4.57 Å². The summed E-state index contributed by atoms with van der Waals surface area (Å²) < 4.78 is 41.0. The van der Waals surface area contributed by atoms with E-state index in [0.29, 0.717) is 17.8 Å². The summed E-state index contributed by atoms with van der Waals surface area (Å²) in [4.78, 5) is 11.0. The Labute approximate surface area is 106 Å². The van der Waals surface area contributed by atoms with Crippen LogP contribution in [0.25, 0.3) is 5.69 Å². The van der Waals surface area contributed by atoms with Gasteiger partial charge in [0.1, 0.15) is 5.82 Å². The number of carbonyl (C=O) groups is 1. The van der Waals surface area contributed by atoms with Crippen LogP contribution in [0, 0.1) is 31.3 Å². The molecule has 0 unspecified atom stereocenters. The van der Waals surface area contributed by atoms with Crippen molar-refractivity contribution in [1.29, 1.82) is 0 Å². The lowest BCUT2D eigenvalue weighted by Crippen LogP contribution is -2.06. The van der Waals surface area contributed by atoms with Gasteiger partial charge in [-0.2, -0.15) is 0 Å². The Balaban J connectivity index is 2.73. The van der Waals surface area contributed by atoms with Crippen molar-refractivity contribution in [3.8, 4) is 5.69 Å². The summed E-state index contributed by atoms with van der Waals surface area (Å²) in [5.74, 6) is -4.61. The van der Waals surface area contributed by atoms with Gasteiger partial charge >= 0.3 is 5.97 Å². The average Bonchev–Trinajstić information content (AvgIpc) is 2.60. The largest absolute Gasteiger partial charge is 0.478 e. The molecule has 0 atom stereocenters. The number of hydrogen-bond acceptors (Lipinski definition) is 1. The molecule has 0 saturated carbocycles. The predicted molar refractivity (Wildman–Crippen MR) is 62.1 cm³/mol. The molecule has 0 radical (unpaired) electrons. The molecule has 100 valence electrons. The van der Waals surface area contributed by atoms with Gasteiger partial charge in [0.15, 0.2) is 11.6 Å². The Hall–Kier alpha value is -2.24. The van der Waals surface area contributed by atoms with E-state index < -0.39 is 23.4 Å². The maximum atomic E-state index is 13.7. The highest BCUT2D eigenvalue weighted by Crippen LogP contribution is 2.24. The minimum atomic E-state index is -1.29. The molecule has 0 fully saturated rings. The van der Waals surface area contributed by atoms with E-state index in [2.05, 4.69) is 0 Å². The lowest BCUT2D eigenvalue weighted by Gasteiger charge is -2.11. The summed E-state index contributed by atoms with van der Waals surface area (Å²) in [6.07, 6.45) is 0. The monoisotopic (exact) mass is 269 g/mol. The molecule has 0 aliphatic carbocycles. The van der Waals surface area contributed by atoms with Gasteiger partial charge in [0, 0.05) is 23.5 Å². The second-order valence-corrected chi connectivity index (χ2v) is 4.14. The van der Waals surface area contributed by atoms with Gasteiger partial charge < -0.3 is 9.67 Å². The standard InChI is InChI=1S/C13H10F3NO2/c1-6-3-8(13(18)19)7(2)17(6)12-5-10(15)9(14)4-11(12)16/h3-5H,1-2H3,(H,18,19). The summed E-state index contributed by atoms with van der Waals surface area (Å²) in [7, 11) is 0. The third kappa shape index (κ3) is 2.09. The van der Waals surface area contributed by atoms with Gasteiger partial charge in [0.25, 0.3) is 0 Å². The van der Waals surface area contributed by atoms with Crippen LogP contribution in [-0.2, 0) is 0 Å². The van der Waals surface area contributed by atoms with Crippen LogP contribution in [0.5, 0.6) is 0 Å². The Bertz CT molecular complexity index is 677. The Morgan fingerprint density at radius 1 is 1.05 bits per heavy atom. The highest BCUT2D eigenvalue weighted by atomic mass is 19.2. The first kappa shape index (κ1) is 13.2. The van der Waals surface area contributed by atoms with Crippen LogP contribution < -0.4 is 0 Å². The minimum absolute atomic E-state index is 0.0124. The highest BCUT2D eigenvalue weighted by Gasteiger charge is 2.19. The molecule has 1 aromatic carbocycles. The second-order valence-electron chi connectivity index (χ2n) is 4.14. The van der Waals surface area contributed by atoms with Crippen LogP contribution in [0.4, 0.5) is 13.2 Å². The van der Waals surface area contributed by atoms with E-state index in [4.69, 9.17) is 5.11 Å². The van der Waals surface area contributed by atoms with Crippen LogP contribution in [0.15, 0.2) is 18.2 Å². The summed E-state index contributed by atoms with van der Waals surface area (Å²) in [5.41, 5.74) is 0.428. The minimum Gasteiger partial charge on any atom is -0.478 e. The first-order chi connectivity index (χ1) is 8.82. The Kier molecular flexibility index (Phi) is 3.09. The van der Waals surface area contributed by atoms with Gasteiger partial charge in [-0.15, -0.1) is 0 Å². The third-order valence-corrected chi connectivity index (χ3v) is 2.89. The normalized spacial score (nSPS) is 10.8. The van der Waals surface area contributed by atoms with Crippen LogP contribution >= 0.6 is 0 Å². The molecule has 19 heavy (non-hydrogen) atoms. The van der Waals surface area contributed by atoms with Crippen LogP contribution in [0.3, 0.4) is 0 Å². The van der Waals surface area contributed by atoms with Crippen molar-refractivity contribution >= 4 is 5.97 Å². The fourth-order valence-electron chi connectivity index (χ4n) is 2.03. The van der Waals surface area contributed by atoms with E-state index in [1.807, 2.05) is 0 Å². The van der Waals surface area contributed by atoms with Crippen molar-refractivity contribution in [2.24, 2.45) is 0 Å². The van der Waals surface area contributed by atoms with Gasteiger partial charge in [-0.05, 0) is 19.9 Å². The predicted octanol–water partition coefficient (Wildman–Crippen LogP) is 3.21. The quantitative estimate of drug-likeness (QED) is 0.850. The topological polar surface area (TPSA) is 42.2 Å². The number of carboxylic acid groups (broad SMARTS) is 1. The average molecular weight is 269 g/mol. The molecule has 0 aliphatic rings. The van der Waals surface area contributed by atoms with E-state index in [-0.39, 0.29) is 16.9 Å². The maximum Gasteiger partial charge on any atom is 0.337 e. The lowest BCUT2D eigenvalue weighted by atomic mass is 10.2. The van der Waals surface area contributed by atoms with E-state index in [9.17, 15) is 18.0 Å². The molecule has 2 rings (SSSR count). The molecule has 1 aromatic heterocycles. The number of aromatic nitrogens is 1. The number of nitrogens with zero attached hydrogens (tertiary/aromatic N) is 1. The molecule has 2 aromatic rings. The van der Waals surface area contributed by atoms with Gasteiger partial charge in [0.2, 0.25) is 0 Å². The first-order valence-corrected chi connectivity index (χ1v) is 5.40. The van der Waals surface area contributed by atoms with Gasteiger partial charge in [0.05, 0.1) is 11.3 Å². The third-order valence-electron chi connectivity index (χ3n) is 2.89. The molecule has 0 bridgehead atoms. The molecule has 1 heterocycles. The number of benzene rings is 1. The first-order valence-electron chi connectivity index (χ1n) is 5.40. The van der Waals surface area contributed by atoms with Gasteiger partial charge in [-0.1, -0.05) is 0 Å². The fraction of sp³-hybridized carbons (Fsp3) is 0.154. The summed E-state index contributed by atoms with van der Waals surface area (Å²) in [5, 5.41) is 8.98. The van der Waals surface area contributed by atoms with Crippen LogP contribution in [0.2, 0.25) is 0 Å². The molecule has 0 spiro atoms. The lowest BCUT2D eigenvalue weighted by molar-refractivity contribution is 0.0696. The van der Waals surface area contributed by atoms with Crippen molar-refractivity contribution in [2.75, 3.05) is 0 Å². The van der Waals surface area contributed by atoms with Crippen molar-refractivity contribution in [3.05, 3.63) is 52.6 Å². The van der Waals surface area contributed by atoms with Crippen molar-refractivity contribution < 1.29 is 23.1 Å². The summed E-state index contributed by atoms with van der Waals surface area (Å²) >= 11 is 0. The Morgan fingerprint density at radius 3 is 2.16 bits per heavy atom. The molecular formula is C13H10F3NO2. The number of halogens is 3. The van der Waals surface area contributed by atoms with Crippen molar-refractivity contribution in [2.45, 2.75) is 13.8 Å². The molecule has 0 aliphatic heterocycles. The van der Waals surface area contributed by atoms with Gasteiger partial charge in [-0.3, -0.25) is 0 Å². The molecule has 3 nitrogen and oxygen atoms in total. The van der Waals surface area contributed by atoms with Crippen molar-refractivity contribution in [3.63, 3.8) is 0 Å². The number of rotatable bonds is 2.